The normalized spacial score (nSPS) is 14.3. The van der Waals surface area contributed by atoms with Gasteiger partial charge in [0, 0.05) is 37.8 Å². The highest BCUT2D eigenvalue weighted by Gasteiger charge is 2.23. The van der Waals surface area contributed by atoms with Gasteiger partial charge in [-0.25, -0.2) is 0 Å². The average Bonchev–Trinajstić information content (AvgIpc) is 2.68. The average molecular weight is 375 g/mol. The Bertz CT molecular complexity index is 773. The molecule has 0 bridgehead atoms. The Morgan fingerprint density at radius 3 is 2.42 bits per heavy atom. The molecule has 0 unspecified atom stereocenters. The minimum atomic E-state index is 0.104. The molecular weight excluding hydrogens is 352 g/mol. The summed E-state index contributed by atoms with van der Waals surface area (Å²) in [6, 6.07) is 13.4. The number of methoxy groups -OCH3 is 2. The number of piperazine rings is 1. The summed E-state index contributed by atoms with van der Waals surface area (Å²) in [5.74, 6) is 1.49. The first kappa shape index (κ1) is 18.4. The van der Waals surface area contributed by atoms with Crippen molar-refractivity contribution in [2.45, 2.75) is 6.42 Å². The fourth-order valence-corrected chi connectivity index (χ4v) is 3.43. The highest BCUT2D eigenvalue weighted by molar-refractivity contribution is 6.33. The van der Waals surface area contributed by atoms with Gasteiger partial charge in [0.05, 0.1) is 31.4 Å². The molecule has 5 nitrogen and oxygen atoms in total. The summed E-state index contributed by atoms with van der Waals surface area (Å²) in [4.78, 5) is 16.8. The number of nitrogens with zero attached hydrogens (tertiary/aromatic N) is 2. The lowest BCUT2D eigenvalue weighted by Gasteiger charge is -2.36. The smallest absolute Gasteiger partial charge is 0.227 e. The number of para-hydroxylation sites is 1. The van der Waals surface area contributed by atoms with Crippen molar-refractivity contribution < 1.29 is 14.3 Å². The third kappa shape index (κ3) is 4.05. The van der Waals surface area contributed by atoms with Crippen LogP contribution in [0.15, 0.2) is 42.5 Å². The van der Waals surface area contributed by atoms with Gasteiger partial charge in [-0.3, -0.25) is 4.79 Å². The maximum Gasteiger partial charge on any atom is 0.227 e. The topological polar surface area (TPSA) is 42.0 Å². The summed E-state index contributed by atoms with van der Waals surface area (Å²) < 4.78 is 10.6. The first-order valence-electron chi connectivity index (χ1n) is 8.60. The summed E-state index contributed by atoms with van der Waals surface area (Å²) in [6.45, 7) is 2.91. The zero-order valence-electron chi connectivity index (χ0n) is 15.1. The SMILES string of the molecule is COc1ccc(CC(=O)N2CCN(c3ccccc3Cl)CC2)c(OC)c1. The van der Waals surface area contributed by atoms with E-state index in [2.05, 4.69) is 4.90 Å². The molecular formula is C20H23ClN2O3. The van der Waals surface area contributed by atoms with E-state index in [0.29, 0.717) is 31.0 Å². The molecule has 0 spiro atoms. The van der Waals surface area contributed by atoms with Gasteiger partial charge in [-0.05, 0) is 18.2 Å². The van der Waals surface area contributed by atoms with Crippen molar-refractivity contribution in [3.8, 4) is 11.5 Å². The number of benzene rings is 2. The molecule has 0 saturated carbocycles. The van der Waals surface area contributed by atoms with Crippen molar-refractivity contribution in [2.75, 3.05) is 45.3 Å². The lowest BCUT2D eigenvalue weighted by Crippen LogP contribution is -2.49. The number of anilines is 1. The van der Waals surface area contributed by atoms with E-state index >= 15 is 0 Å². The molecule has 1 aliphatic heterocycles. The van der Waals surface area contributed by atoms with E-state index in [9.17, 15) is 4.79 Å². The lowest BCUT2D eigenvalue weighted by atomic mass is 10.1. The Labute approximate surface area is 159 Å². The number of amides is 1. The lowest BCUT2D eigenvalue weighted by molar-refractivity contribution is -0.130. The molecule has 1 fully saturated rings. The van der Waals surface area contributed by atoms with Crippen LogP contribution in [0.4, 0.5) is 5.69 Å². The van der Waals surface area contributed by atoms with Gasteiger partial charge in [0.2, 0.25) is 5.91 Å². The van der Waals surface area contributed by atoms with Gasteiger partial charge in [0.1, 0.15) is 11.5 Å². The highest BCUT2D eigenvalue weighted by Crippen LogP contribution is 2.27. The van der Waals surface area contributed by atoms with Crippen molar-refractivity contribution in [2.24, 2.45) is 0 Å². The Morgan fingerprint density at radius 1 is 1.04 bits per heavy atom. The van der Waals surface area contributed by atoms with Gasteiger partial charge in [0.15, 0.2) is 0 Å². The molecule has 0 aliphatic carbocycles. The third-order valence-corrected chi connectivity index (χ3v) is 4.98. The van der Waals surface area contributed by atoms with Crippen molar-refractivity contribution in [3.05, 3.63) is 53.1 Å². The van der Waals surface area contributed by atoms with E-state index in [-0.39, 0.29) is 5.91 Å². The van der Waals surface area contributed by atoms with Crippen LogP contribution in [0, 0.1) is 0 Å². The summed E-state index contributed by atoms with van der Waals surface area (Å²) in [6.07, 6.45) is 0.319. The van der Waals surface area contributed by atoms with Crippen LogP contribution in [0.25, 0.3) is 0 Å². The quantitative estimate of drug-likeness (QED) is 0.805. The zero-order valence-corrected chi connectivity index (χ0v) is 15.8. The molecule has 1 aliphatic rings. The monoisotopic (exact) mass is 374 g/mol. The third-order valence-electron chi connectivity index (χ3n) is 4.66. The fourth-order valence-electron chi connectivity index (χ4n) is 3.18. The van der Waals surface area contributed by atoms with E-state index in [0.717, 1.165) is 29.4 Å². The van der Waals surface area contributed by atoms with Gasteiger partial charge < -0.3 is 19.3 Å². The van der Waals surface area contributed by atoms with Crippen molar-refractivity contribution in [1.82, 2.24) is 4.90 Å². The van der Waals surface area contributed by atoms with Crippen LogP contribution < -0.4 is 14.4 Å². The summed E-state index contributed by atoms with van der Waals surface area (Å²) in [5.41, 5.74) is 1.89. The van der Waals surface area contributed by atoms with Gasteiger partial charge >= 0.3 is 0 Å². The molecule has 1 saturated heterocycles. The Balaban J connectivity index is 1.61. The first-order chi connectivity index (χ1) is 12.6. The number of ether oxygens (including phenoxy) is 2. The van der Waals surface area contributed by atoms with E-state index in [4.69, 9.17) is 21.1 Å². The van der Waals surface area contributed by atoms with Crippen LogP contribution in [-0.4, -0.2) is 51.2 Å². The first-order valence-corrected chi connectivity index (χ1v) is 8.98. The second-order valence-corrected chi connectivity index (χ2v) is 6.58. The Kier molecular flexibility index (Phi) is 5.89. The predicted molar refractivity (Wildman–Crippen MR) is 103 cm³/mol. The van der Waals surface area contributed by atoms with Crippen LogP contribution in [0.2, 0.25) is 5.02 Å². The van der Waals surface area contributed by atoms with Gasteiger partial charge in [-0.1, -0.05) is 29.8 Å². The van der Waals surface area contributed by atoms with Gasteiger partial charge in [0.25, 0.3) is 0 Å². The number of carbonyl (C=O) groups is 1. The van der Waals surface area contributed by atoms with E-state index < -0.39 is 0 Å². The molecule has 0 aromatic heterocycles. The highest BCUT2D eigenvalue weighted by atomic mass is 35.5. The zero-order chi connectivity index (χ0) is 18.5. The molecule has 2 aromatic rings. The Morgan fingerprint density at radius 2 is 1.77 bits per heavy atom. The molecule has 138 valence electrons. The molecule has 1 heterocycles. The van der Waals surface area contributed by atoms with Crippen LogP contribution >= 0.6 is 11.6 Å². The second kappa shape index (κ2) is 8.32. The number of rotatable bonds is 5. The van der Waals surface area contributed by atoms with Gasteiger partial charge in [-0.2, -0.15) is 0 Å². The fraction of sp³-hybridized carbons (Fsp3) is 0.350. The van der Waals surface area contributed by atoms with Crippen LogP contribution in [0.3, 0.4) is 0 Å². The van der Waals surface area contributed by atoms with Gasteiger partial charge in [-0.15, -0.1) is 0 Å². The summed E-state index contributed by atoms with van der Waals surface area (Å²) >= 11 is 6.28. The molecule has 26 heavy (non-hydrogen) atoms. The maximum absolute atomic E-state index is 12.7. The predicted octanol–water partition coefficient (Wildman–Crippen LogP) is 3.25. The molecule has 3 rings (SSSR count). The van der Waals surface area contributed by atoms with E-state index in [1.807, 2.05) is 41.3 Å². The molecule has 6 heteroatoms. The number of hydrogen-bond donors (Lipinski definition) is 0. The van der Waals surface area contributed by atoms with E-state index in [1.165, 1.54) is 0 Å². The Hall–Kier alpha value is -2.40. The van der Waals surface area contributed by atoms with E-state index in [1.54, 1.807) is 20.3 Å². The molecule has 0 atom stereocenters. The minimum absolute atomic E-state index is 0.104. The molecule has 2 aromatic carbocycles. The second-order valence-electron chi connectivity index (χ2n) is 6.17. The standard InChI is InChI=1S/C20H23ClN2O3/c1-25-16-8-7-15(19(14-16)26-2)13-20(24)23-11-9-22(10-12-23)18-6-4-3-5-17(18)21/h3-8,14H,9-13H2,1-2H3. The molecule has 1 amide bonds. The van der Waals surface area contributed by atoms with Crippen molar-refractivity contribution in [3.63, 3.8) is 0 Å². The maximum atomic E-state index is 12.7. The number of halogens is 1. The number of hydrogen-bond acceptors (Lipinski definition) is 4. The minimum Gasteiger partial charge on any atom is -0.497 e. The summed E-state index contributed by atoms with van der Waals surface area (Å²) in [7, 11) is 3.21. The van der Waals surface area contributed by atoms with Crippen LogP contribution in [0.5, 0.6) is 11.5 Å². The van der Waals surface area contributed by atoms with Crippen molar-refractivity contribution in [1.29, 1.82) is 0 Å². The molecule has 0 N–H and O–H groups in total. The van der Waals surface area contributed by atoms with Crippen LogP contribution in [0.1, 0.15) is 5.56 Å². The summed E-state index contributed by atoms with van der Waals surface area (Å²) in [5, 5.41) is 0.746. The largest absolute Gasteiger partial charge is 0.497 e. The van der Waals surface area contributed by atoms with Crippen LogP contribution in [-0.2, 0) is 11.2 Å². The van der Waals surface area contributed by atoms with Crippen molar-refractivity contribution >= 4 is 23.2 Å². The molecule has 0 radical (unpaired) electrons. The number of carbonyl (C=O) groups excluding carboxylic acids is 1.